The predicted molar refractivity (Wildman–Crippen MR) is 74.3 cm³/mol. The molecule has 0 aliphatic heterocycles. The number of nitrogens with one attached hydrogen (secondary N) is 1. The lowest BCUT2D eigenvalue weighted by molar-refractivity contribution is 0.102. The van der Waals surface area contributed by atoms with E-state index in [-0.39, 0.29) is 5.91 Å². The van der Waals surface area contributed by atoms with E-state index in [4.69, 9.17) is 0 Å². The highest BCUT2D eigenvalue weighted by Crippen LogP contribution is 2.14. The van der Waals surface area contributed by atoms with E-state index in [0.717, 1.165) is 11.4 Å². The number of carbonyl (C=O) groups is 1. The summed E-state index contributed by atoms with van der Waals surface area (Å²) in [5.41, 5.74) is 1.13. The van der Waals surface area contributed by atoms with E-state index in [1.807, 2.05) is 13.8 Å². The molecule has 0 saturated carbocycles. The Hall–Kier alpha value is -1.89. The van der Waals surface area contributed by atoms with E-state index >= 15 is 0 Å². The lowest BCUT2D eigenvalue weighted by atomic mass is 10.3. The molecule has 6 nitrogen and oxygen atoms in total. The molecule has 2 aromatic heterocycles. The van der Waals surface area contributed by atoms with E-state index in [1.54, 1.807) is 30.1 Å². The van der Waals surface area contributed by atoms with Gasteiger partial charge in [-0.25, -0.2) is 9.97 Å². The third-order valence-corrected chi connectivity index (χ3v) is 3.02. The van der Waals surface area contributed by atoms with Crippen molar-refractivity contribution < 1.29 is 4.79 Å². The van der Waals surface area contributed by atoms with Crippen LogP contribution in [0, 0.1) is 6.92 Å². The van der Waals surface area contributed by atoms with Gasteiger partial charge in [-0.1, -0.05) is 18.7 Å². The molecule has 0 atom stereocenters. The molecule has 0 saturated heterocycles. The van der Waals surface area contributed by atoms with Crippen LogP contribution in [0.25, 0.3) is 0 Å². The summed E-state index contributed by atoms with van der Waals surface area (Å²) < 4.78 is 1.62. The fourth-order valence-corrected chi connectivity index (χ4v) is 2.14. The normalized spacial score (nSPS) is 10.5. The molecule has 19 heavy (non-hydrogen) atoms. The van der Waals surface area contributed by atoms with Gasteiger partial charge in [-0.05, 0) is 18.7 Å². The lowest BCUT2D eigenvalue weighted by Crippen LogP contribution is -2.15. The fraction of sp³-hybridized carbons (Fsp3) is 0.333. The molecule has 0 unspecified atom stereocenters. The molecular formula is C12H15N5OS. The van der Waals surface area contributed by atoms with Gasteiger partial charge in [0.15, 0.2) is 11.0 Å². The molecule has 100 valence electrons. The number of aromatic nitrogens is 4. The third kappa shape index (κ3) is 3.54. The second kappa shape index (κ2) is 5.83. The van der Waals surface area contributed by atoms with E-state index in [2.05, 4.69) is 20.4 Å². The molecule has 0 aliphatic carbocycles. The van der Waals surface area contributed by atoms with Crippen LogP contribution in [0.5, 0.6) is 0 Å². The molecule has 0 bridgehead atoms. The minimum atomic E-state index is -0.276. The van der Waals surface area contributed by atoms with E-state index in [0.29, 0.717) is 16.7 Å². The Morgan fingerprint density at radius 3 is 2.89 bits per heavy atom. The summed E-state index contributed by atoms with van der Waals surface area (Å²) in [5.74, 6) is 1.10. The second-order valence-corrected chi connectivity index (χ2v) is 5.17. The molecule has 2 rings (SSSR count). The first kappa shape index (κ1) is 13.5. The number of rotatable bonds is 4. The summed E-state index contributed by atoms with van der Waals surface area (Å²) in [6.07, 6.45) is 1.76. The van der Waals surface area contributed by atoms with Crippen LogP contribution in [0.1, 0.15) is 23.1 Å². The summed E-state index contributed by atoms with van der Waals surface area (Å²) in [5, 5.41) is 7.42. The molecule has 7 heteroatoms. The second-order valence-electron chi connectivity index (χ2n) is 3.94. The van der Waals surface area contributed by atoms with Gasteiger partial charge in [0, 0.05) is 25.0 Å². The van der Waals surface area contributed by atoms with Crippen LogP contribution in [0.4, 0.5) is 5.82 Å². The van der Waals surface area contributed by atoms with Gasteiger partial charge in [-0.3, -0.25) is 9.48 Å². The molecule has 2 aromatic rings. The molecule has 2 heterocycles. The minimum absolute atomic E-state index is 0.276. The monoisotopic (exact) mass is 277 g/mol. The molecule has 0 fully saturated rings. The first-order valence-electron chi connectivity index (χ1n) is 5.88. The first-order valence-corrected chi connectivity index (χ1v) is 6.86. The maximum Gasteiger partial charge on any atom is 0.275 e. The molecule has 0 radical (unpaired) electrons. The zero-order valence-electron chi connectivity index (χ0n) is 11.0. The largest absolute Gasteiger partial charge is 0.304 e. The van der Waals surface area contributed by atoms with Crippen molar-refractivity contribution in [3.8, 4) is 0 Å². The average Bonchev–Trinajstić information content (AvgIpc) is 2.74. The number of hydrogen-bond donors (Lipinski definition) is 1. The Kier molecular flexibility index (Phi) is 4.16. The van der Waals surface area contributed by atoms with Gasteiger partial charge >= 0.3 is 0 Å². The van der Waals surface area contributed by atoms with Crippen LogP contribution in [-0.4, -0.2) is 31.4 Å². The number of hydrogen-bond acceptors (Lipinski definition) is 5. The zero-order valence-corrected chi connectivity index (χ0v) is 11.9. The summed E-state index contributed by atoms with van der Waals surface area (Å²) in [6, 6.07) is 3.39. The molecule has 1 N–H and O–H groups in total. The van der Waals surface area contributed by atoms with Crippen molar-refractivity contribution in [1.82, 2.24) is 19.7 Å². The van der Waals surface area contributed by atoms with Crippen molar-refractivity contribution in [2.24, 2.45) is 7.05 Å². The van der Waals surface area contributed by atoms with Gasteiger partial charge in [-0.15, -0.1) is 0 Å². The lowest BCUT2D eigenvalue weighted by Gasteiger charge is -2.04. The molecular weight excluding hydrogens is 262 g/mol. The minimum Gasteiger partial charge on any atom is -0.304 e. The molecule has 1 amide bonds. The Morgan fingerprint density at radius 2 is 2.26 bits per heavy atom. The van der Waals surface area contributed by atoms with Crippen molar-refractivity contribution in [3.63, 3.8) is 0 Å². The fourth-order valence-electron chi connectivity index (χ4n) is 1.51. The van der Waals surface area contributed by atoms with Crippen molar-refractivity contribution in [1.29, 1.82) is 0 Å². The maximum absolute atomic E-state index is 12.1. The highest BCUT2D eigenvalue weighted by atomic mass is 32.2. The zero-order chi connectivity index (χ0) is 13.8. The number of nitrogens with zero attached hydrogens (tertiary/aromatic N) is 4. The SMILES string of the molecule is CCSc1nc(C)cc(C(=O)Nc2ccn(C)n2)n1. The molecule has 0 aliphatic rings. The van der Waals surface area contributed by atoms with Gasteiger partial charge in [0.2, 0.25) is 0 Å². The number of thioether (sulfide) groups is 1. The topological polar surface area (TPSA) is 72.7 Å². The number of amides is 1. The average molecular weight is 277 g/mol. The quantitative estimate of drug-likeness (QED) is 0.682. The van der Waals surface area contributed by atoms with E-state index < -0.39 is 0 Å². The van der Waals surface area contributed by atoms with Crippen molar-refractivity contribution >= 4 is 23.5 Å². The van der Waals surface area contributed by atoms with Gasteiger partial charge in [0.25, 0.3) is 5.91 Å². The van der Waals surface area contributed by atoms with Crippen molar-refractivity contribution in [3.05, 3.63) is 29.7 Å². The molecule has 0 aromatic carbocycles. The summed E-state index contributed by atoms with van der Waals surface area (Å²) in [7, 11) is 1.79. The van der Waals surface area contributed by atoms with Gasteiger partial charge in [-0.2, -0.15) is 5.10 Å². The van der Waals surface area contributed by atoms with E-state index in [9.17, 15) is 4.79 Å². The van der Waals surface area contributed by atoms with Gasteiger partial charge < -0.3 is 5.32 Å². The van der Waals surface area contributed by atoms with Gasteiger partial charge in [0.1, 0.15) is 5.69 Å². The Bertz CT molecular complexity index is 596. The van der Waals surface area contributed by atoms with Crippen LogP contribution >= 0.6 is 11.8 Å². The summed E-state index contributed by atoms with van der Waals surface area (Å²) in [6.45, 7) is 3.86. The third-order valence-electron chi connectivity index (χ3n) is 2.29. The smallest absolute Gasteiger partial charge is 0.275 e. The highest BCUT2D eigenvalue weighted by Gasteiger charge is 2.12. The van der Waals surface area contributed by atoms with Crippen LogP contribution in [0.3, 0.4) is 0 Å². The van der Waals surface area contributed by atoms with Gasteiger partial charge in [0.05, 0.1) is 0 Å². The number of aryl methyl sites for hydroxylation is 2. The Balaban J connectivity index is 2.18. The first-order chi connectivity index (χ1) is 9.08. The highest BCUT2D eigenvalue weighted by molar-refractivity contribution is 7.99. The Labute approximate surface area is 115 Å². The Morgan fingerprint density at radius 1 is 1.47 bits per heavy atom. The van der Waals surface area contributed by atoms with Crippen LogP contribution in [0.15, 0.2) is 23.5 Å². The van der Waals surface area contributed by atoms with Crippen LogP contribution < -0.4 is 5.32 Å². The number of anilines is 1. The molecule has 0 spiro atoms. The van der Waals surface area contributed by atoms with Crippen molar-refractivity contribution in [2.75, 3.05) is 11.1 Å². The standard InChI is InChI=1S/C12H15N5OS/c1-4-19-12-13-8(2)7-9(14-12)11(18)15-10-5-6-17(3)16-10/h5-7H,4H2,1-3H3,(H,15,16,18). The summed E-state index contributed by atoms with van der Waals surface area (Å²) >= 11 is 1.51. The van der Waals surface area contributed by atoms with E-state index in [1.165, 1.54) is 11.8 Å². The van der Waals surface area contributed by atoms with Crippen molar-refractivity contribution in [2.45, 2.75) is 19.0 Å². The van der Waals surface area contributed by atoms with Crippen LogP contribution in [-0.2, 0) is 7.05 Å². The predicted octanol–water partition coefficient (Wildman–Crippen LogP) is 1.88. The maximum atomic E-state index is 12.1. The summed E-state index contributed by atoms with van der Waals surface area (Å²) in [4.78, 5) is 20.6. The van der Waals surface area contributed by atoms with Crippen LogP contribution in [0.2, 0.25) is 0 Å². The number of carbonyl (C=O) groups excluding carboxylic acids is 1.